The molecule has 5 nitrogen and oxygen atoms in total. The average molecular weight is 306 g/mol. The van der Waals surface area contributed by atoms with Gasteiger partial charge in [-0.25, -0.2) is 8.42 Å². The number of hydrogen-bond donors (Lipinski definition) is 3. The molecule has 0 aliphatic heterocycles. The molecule has 0 heterocycles. The highest BCUT2D eigenvalue weighted by Gasteiger charge is 2.18. The van der Waals surface area contributed by atoms with Crippen molar-refractivity contribution in [3.05, 3.63) is 53.6 Å². The summed E-state index contributed by atoms with van der Waals surface area (Å²) in [5.41, 5.74) is 7.97. The molecule has 0 aromatic heterocycles. The summed E-state index contributed by atoms with van der Waals surface area (Å²) in [7, 11) is -3.69. The monoisotopic (exact) mass is 306 g/mol. The number of nitrogens with two attached hydrogens (primary N) is 1. The van der Waals surface area contributed by atoms with Gasteiger partial charge in [-0.1, -0.05) is 25.1 Å². The van der Waals surface area contributed by atoms with E-state index in [-0.39, 0.29) is 11.5 Å². The Bertz CT molecular complexity index is 725. The lowest BCUT2D eigenvalue weighted by molar-refractivity contribution is 0.282. The molecule has 2 aromatic carbocycles. The maximum atomic E-state index is 12.5. The van der Waals surface area contributed by atoms with E-state index in [9.17, 15) is 8.42 Å². The molecule has 0 aliphatic carbocycles. The molecule has 0 atom stereocenters. The number of aliphatic hydroxyl groups excluding tert-OH is 1. The zero-order chi connectivity index (χ0) is 15.5. The highest BCUT2D eigenvalue weighted by Crippen LogP contribution is 2.23. The van der Waals surface area contributed by atoms with Gasteiger partial charge in [0.1, 0.15) is 0 Å². The fraction of sp³-hybridized carbons (Fsp3) is 0.200. The minimum atomic E-state index is -3.69. The third-order valence-corrected chi connectivity index (χ3v) is 4.61. The predicted molar refractivity (Wildman–Crippen MR) is 83.4 cm³/mol. The van der Waals surface area contributed by atoms with E-state index in [1.807, 2.05) is 6.92 Å². The zero-order valence-electron chi connectivity index (χ0n) is 11.7. The number of benzene rings is 2. The Morgan fingerprint density at radius 2 is 1.81 bits per heavy atom. The van der Waals surface area contributed by atoms with Crippen molar-refractivity contribution in [1.29, 1.82) is 0 Å². The van der Waals surface area contributed by atoms with E-state index >= 15 is 0 Å². The Morgan fingerprint density at radius 1 is 1.14 bits per heavy atom. The van der Waals surface area contributed by atoms with E-state index < -0.39 is 10.0 Å². The van der Waals surface area contributed by atoms with Gasteiger partial charge >= 0.3 is 0 Å². The average Bonchev–Trinajstić information content (AvgIpc) is 2.47. The van der Waals surface area contributed by atoms with Crippen molar-refractivity contribution in [1.82, 2.24) is 0 Å². The molecular formula is C15H18N2O3S. The lowest BCUT2D eigenvalue weighted by Gasteiger charge is -2.12. The van der Waals surface area contributed by atoms with Crippen LogP contribution in [0.1, 0.15) is 18.1 Å². The van der Waals surface area contributed by atoms with E-state index in [0.717, 1.165) is 5.56 Å². The molecule has 0 bridgehead atoms. The Kier molecular flexibility index (Phi) is 4.50. The lowest BCUT2D eigenvalue weighted by atomic mass is 10.1. The first-order valence-corrected chi connectivity index (χ1v) is 8.05. The Balaban J connectivity index is 2.35. The molecule has 2 aromatic rings. The minimum absolute atomic E-state index is 0.0811. The second-order valence-electron chi connectivity index (χ2n) is 4.68. The third kappa shape index (κ3) is 3.53. The summed E-state index contributed by atoms with van der Waals surface area (Å²) < 4.78 is 27.5. The van der Waals surface area contributed by atoms with Crippen molar-refractivity contribution >= 4 is 21.4 Å². The van der Waals surface area contributed by atoms with Crippen molar-refractivity contribution in [3.8, 4) is 0 Å². The molecule has 0 saturated carbocycles. The van der Waals surface area contributed by atoms with Crippen LogP contribution < -0.4 is 10.5 Å². The van der Waals surface area contributed by atoms with Crippen molar-refractivity contribution < 1.29 is 13.5 Å². The van der Waals surface area contributed by atoms with E-state index in [0.29, 0.717) is 23.4 Å². The number of aryl methyl sites for hydroxylation is 1. The van der Waals surface area contributed by atoms with Crippen LogP contribution in [0.4, 0.5) is 11.4 Å². The van der Waals surface area contributed by atoms with Crippen LogP contribution in [0.3, 0.4) is 0 Å². The molecule has 4 N–H and O–H groups in total. The molecule has 0 saturated heterocycles. The largest absolute Gasteiger partial charge is 0.399 e. The van der Waals surface area contributed by atoms with Crippen molar-refractivity contribution in [2.75, 3.05) is 10.5 Å². The van der Waals surface area contributed by atoms with Crippen LogP contribution in [0.2, 0.25) is 0 Å². The van der Waals surface area contributed by atoms with E-state index in [1.54, 1.807) is 36.4 Å². The fourth-order valence-electron chi connectivity index (χ4n) is 2.00. The quantitative estimate of drug-likeness (QED) is 0.738. The SMILES string of the molecule is CCc1ccc(N)cc1S(=O)(=O)Nc1ccc(CO)cc1. The van der Waals surface area contributed by atoms with Crippen LogP contribution in [0, 0.1) is 0 Å². The summed E-state index contributed by atoms with van der Waals surface area (Å²) in [6.07, 6.45) is 0.597. The third-order valence-electron chi connectivity index (χ3n) is 3.15. The van der Waals surface area contributed by atoms with Crippen LogP contribution in [-0.4, -0.2) is 13.5 Å². The van der Waals surface area contributed by atoms with Gasteiger partial charge < -0.3 is 10.8 Å². The van der Waals surface area contributed by atoms with Gasteiger partial charge in [0.2, 0.25) is 0 Å². The molecule has 0 amide bonds. The summed E-state index contributed by atoms with van der Waals surface area (Å²) in [4.78, 5) is 0.191. The van der Waals surface area contributed by atoms with Gasteiger partial charge in [-0.2, -0.15) is 0 Å². The summed E-state index contributed by atoms with van der Waals surface area (Å²) in [6.45, 7) is 1.81. The number of anilines is 2. The first-order valence-electron chi connectivity index (χ1n) is 6.57. The lowest BCUT2D eigenvalue weighted by Crippen LogP contribution is -2.15. The zero-order valence-corrected chi connectivity index (χ0v) is 12.5. The molecule has 0 unspecified atom stereocenters. The van der Waals surface area contributed by atoms with Crippen LogP contribution in [0.25, 0.3) is 0 Å². The molecule has 0 fully saturated rings. The number of rotatable bonds is 5. The van der Waals surface area contributed by atoms with Gasteiger partial charge in [0, 0.05) is 11.4 Å². The molecular weight excluding hydrogens is 288 g/mol. The van der Waals surface area contributed by atoms with E-state index in [1.165, 1.54) is 6.07 Å². The second kappa shape index (κ2) is 6.15. The fourth-order valence-corrected chi connectivity index (χ4v) is 3.41. The number of nitrogen functional groups attached to an aromatic ring is 1. The normalized spacial score (nSPS) is 11.3. The highest BCUT2D eigenvalue weighted by atomic mass is 32.2. The maximum absolute atomic E-state index is 12.5. The van der Waals surface area contributed by atoms with E-state index in [2.05, 4.69) is 4.72 Å². The topological polar surface area (TPSA) is 92.4 Å². The smallest absolute Gasteiger partial charge is 0.262 e. The molecule has 0 spiro atoms. The van der Waals surface area contributed by atoms with Gasteiger partial charge in [0.05, 0.1) is 11.5 Å². The van der Waals surface area contributed by atoms with Crippen molar-refractivity contribution in [2.24, 2.45) is 0 Å². The van der Waals surface area contributed by atoms with Crippen LogP contribution in [-0.2, 0) is 23.1 Å². The van der Waals surface area contributed by atoms with Gasteiger partial charge in [-0.05, 0) is 41.8 Å². The van der Waals surface area contributed by atoms with Crippen molar-refractivity contribution in [2.45, 2.75) is 24.8 Å². The Hall–Kier alpha value is -2.05. The first-order chi connectivity index (χ1) is 9.96. The summed E-state index contributed by atoms with van der Waals surface area (Å²) in [5, 5.41) is 8.99. The van der Waals surface area contributed by atoms with Gasteiger partial charge in [-0.15, -0.1) is 0 Å². The van der Waals surface area contributed by atoms with Crippen molar-refractivity contribution in [3.63, 3.8) is 0 Å². The molecule has 0 radical (unpaired) electrons. The van der Waals surface area contributed by atoms with Crippen LogP contribution in [0.15, 0.2) is 47.4 Å². The van der Waals surface area contributed by atoms with Gasteiger partial charge in [0.25, 0.3) is 10.0 Å². The maximum Gasteiger partial charge on any atom is 0.262 e. The van der Waals surface area contributed by atoms with E-state index in [4.69, 9.17) is 10.8 Å². The van der Waals surface area contributed by atoms with Crippen LogP contribution in [0.5, 0.6) is 0 Å². The predicted octanol–water partition coefficient (Wildman–Crippen LogP) is 2.12. The molecule has 21 heavy (non-hydrogen) atoms. The first kappa shape index (κ1) is 15.3. The van der Waals surface area contributed by atoms with Gasteiger partial charge in [-0.3, -0.25) is 4.72 Å². The molecule has 6 heteroatoms. The summed E-state index contributed by atoms with van der Waals surface area (Å²) in [6, 6.07) is 11.4. The van der Waals surface area contributed by atoms with Gasteiger partial charge in [0.15, 0.2) is 0 Å². The van der Waals surface area contributed by atoms with Crippen LogP contribution >= 0.6 is 0 Å². The standard InChI is InChI=1S/C15H18N2O3S/c1-2-12-5-6-13(16)9-15(12)21(19,20)17-14-7-3-11(10-18)4-8-14/h3-9,17-18H,2,10,16H2,1H3. The number of sulfonamides is 1. The summed E-state index contributed by atoms with van der Waals surface area (Å²) >= 11 is 0. The minimum Gasteiger partial charge on any atom is -0.399 e. The molecule has 2 rings (SSSR count). The molecule has 112 valence electrons. The number of aliphatic hydroxyl groups is 1. The molecule has 0 aliphatic rings. The second-order valence-corrected chi connectivity index (χ2v) is 6.33. The highest BCUT2D eigenvalue weighted by molar-refractivity contribution is 7.92. The number of hydrogen-bond acceptors (Lipinski definition) is 4. The Morgan fingerprint density at radius 3 is 2.38 bits per heavy atom. The Labute approximate surface area is 124 Å². The number of nitrogens with one attached hydrogen (secondary N) is 1. The summed E-state index contributed by atoms with van der Waals surface area (Å²) in [5.74, 6) is 0.